The summed E-state index contributed by atoms with van der Waals surface area (Å²) in [6, 6.07) is 20.6. The molecule has 1 heterocycles. The first-order valence-corrected chi connectivity index (χ1v) is 8.29. The van der Waals surface area contributed by atoms with Gasteiger partial charge in [-0.25, -0.2) is 4.68 Å². The van der Waals surface area contributed by atoms with Crippen molar-refractivity contribution < 1.29 is 0 Å². The predicted octanol–water partition coefficient (Wildman–Crippen LogP) is 4.07. The van der Waals surface area contributed by atoms with Crippen molar-refractivity contribution in [1.82, 2.24) is 15.0 Å². The van der Waals surface area contributed by atoms with Gasteiger partial charge in [-0.15, -0.1) is 5.10 Å². The van der Waals surface area contributed by atoms with Gasteiger partial charge in [0.2, 0.25) is 0 Å². The molecule has 0 saturated heterocycles. The highest BCUT2D eigenvalue weighted by molar-refractivity contribution is 5.40. The van der Waals surface area contributed by atoms with E-state index in [1.165, 1.54) is 18.4 Å². The number of benzene rings is 2. The van der Waals surface area contributed by atoms with Crippen LogP contribution in [0.2, 0.25) is 0 Å². The van der Waals surface area contributed by atoms with E-state index in [-0.39, 0.29) is 0 Å². The van der Waals surface area contributed by atoms with E-state index in [2.05, 4.69) is 47.6 Å². The Morgan fingerprint density at radius 3 is 2.42 bits per heavy atom. The van der Waals surface area contributed by atoms with Crippen LogP contribution in [0.4, 0.5) is 0 Å². The standard InChI is InChI=1S/C20H20N4/c1-2-3-7-16-10-12-18(13-11-16)24-20(19(15-21)22-23-24)14-17-8-5-4-6-9-17/h4-6,8-13H,2-3,7,14H2,1H3. The number of nitriles is 1. The fourth-order valence-corrected chi connectivity index (χ4v) is 2.73. The first-order valence-electron chi connectivity index (χ1n) is 8.29. The minimum atomic E-state index is 0.383. The molecule has 0 radical (unpaired) electrons. The van der Waals surface area contributed by atoms with Crippen LogP contribution in [0.15, 0.2) is 54.6 Å². The topological polar surface area (TPSA) is 54.5 Å². The molecular formula is C20H20N4. The van der Waals surface area contributed by atoms with Gasteiger partial charge in [-0.3, -0.25) is 0 Å². The zero-order chi connectivity index (χ0) is 16.8. The van der Waals surface area contributed by atoms with Gasteiger partial charge >= 0.3 is 0 Å². The minimum absolute atomic E-state index is 0.383. The maximum atomic E-state index is 9.33. The molecule has 2 aromatic carbocycles. The van der Waals surface area contributed by atoms with Crippen LogP contribution in [0.1, 0.15) is 42.3 Å². The van der Waals surface area contributed by atoms with E-state index in [0.717, 1.165) is 23.4 Å². The lowest BCUT2D eigenvalue weighted by atomic mass is 10.1. The van der Waals surface area contributed by atoms with Gasteiger partial charge < -0.3 is 0 Å². The largest absolute Gasteiger partial charge is 0.216 e. The summed E-state index contributed by atoms with van der Waals surface area (Å²) in [5.41, 5.74) is 4.61. The molecule has 0 fully saturated rings. The van der Waals surface area contributed by atoms with Crippen LogP contribution in [-0.4, -0.2) is 15.0 Å². The maximum absolute atomic E-state index is 9.33. The van der Waals surface area contributed by atoms with Crippen molar-refractivity contribution in [2.24, 2.45) is 0 Å². The van der Waals surface area contributed by atoms with E-state index >= 15 is 0 Å². The fourth-order valence-electron chi connectivity index (χ4n) is 2.73. The van der Waals surface area contributed by atoms with Gasteiger partial charge in [-0.05, 0) is 36.1 Å². The summed E-state index contributed by atoms with van der Waals surface area (Å²) >= 11 is 0. The van der Waals surface area contributed by atoms with Gasteiger partial charge in [-0.2, -0.15) is 5.26 Å². The van der Waals surface area contributed by atoms with E-state index in [0.29, 0.717) is 12.1 Å². The number of aryl methyl sites for hydroxylation is 1. The quantitative estimate of drug-likeness (QED) is 0.688. The number of rotatable bonds is 6. The summed E-state index contributed by atoms with van der Waals surface area (Å²) in [6.07, 6.45) is 4.11. The van der Waals surface area contributed by atoms with Gasteiger partial charge in [-0.1, -0.05) is 61.0 Å². The number of unbranched alkanes of at least 4 members (excludes halogenated alkanes) is 1. The van der Waals surface area contributed by atoms with Gasteiger partial charge in [0.25, 0.3) is 0 Å². The third-order valence-electron chi connectivity index (χ3n) is 4.08. The fraction of sp³-hybridized carbons (Fsp3) is 0.250. The summed E-state index contributed by atoms with van der Waals surface area (Å²) in [5, 5.41) is 17.6. The average Bonchev–Trinajstić information content (AvgIpc) is 3.04. The first-order chi connectivity index (χ1) is 11.8. The van der Waals surface area contributed by atoms with Gasteiger partial charge in [0.05, 0.1) is 11.4 Å². The molecule has 3 rings (SSSR count). The van der Waals surface area contributed by atoms with Crippen LogP contribution < -0.4 is 0 Å². The summed E-state index contributed by atoms with van der Waals surface area (Å²) < 4.78 is 1.77. The highest BCUT2D eigenvalue weighted by atomic mass is 15.4. The molecule has 0 amide bonds. The van der Waals surface area contributed by atoms with Gasteiger partial charge in [0.15, 0.2) is 5.69 Å². The van der Waals surface area contributed by atoms with Gasteiger partial charge in [0.1, 0.15) is 6.07 Å². The van der Waals surface area contributed by atoms with E-state index in [4.69, 9.17) is 0 Å². The van der Waals surface area contributed by atoms with Crippen molar-refractivity contribution in [2.45, 2.75) is 32.6 Å². The minimum Gasteiger partial charge on any atom is -0.216 e. The Morgan fingerprint density at radius 2 is 1.75 bits per heavy atom. The highest BCUT2D eigenvalue weighted by Crippen LogP contribution is 2.18. The van der Waals surface area contributed by atoms with Crippen LogP contribution in [0.3, 0.4) is 0 Å². The molecule has 0 aliphatic rings. The molecule has 1 aromatic heterocycles. The molecule has 0 bridgehead atoms. The SMILES string of the molecule is CCCCc1ccc(-n2nnc(C#N)c2Cc2ccccc2)cc1. The zero-order valence-electron chi connectivity index (χ0n) is 13.8. The molecule has 4 heteroatoms. The van der Waals surface area contributed by atoms with Gasteiger partial charge in [0, 0.05) is 6.42 Å². The van der Waals surface area contributed by atoms with Crippen molar-refractivity contribution in [1.29, 1.82) is 5.26 Å². The molecule has 120 valence electrons. The zero-order valence-corrected chi connectivity index (χ0v) is 13.8. The van der Waals surface area contributed by atoms with E-state index < -0.39 is 0 Å². The van der Waals surface area contributed by atoms with Crippen molar-refractivity contribution in [3.63, 3.8) is 0 Å². The molecule has 0 N–H and O–H groups in total. The summed E-state index contributed by atoms with van der Waals surface area (Å²) in [7, 11) is 0. The number of hydrogen-bond acceptors (Lipinski definition) is 3. The molecule has 0 spiro atoms. The Labute approximate surface area is 142 Å². The summed E-state index contributed by atoms with van der Waals surface area (Å²) in [6.45, 7) is 2.20. The molecule has 0 saturated carbocycles. The third-order valence-corrected chi connectivity index (χ3v) is 4.08. The first kappa shape index (κ1) is 15.9. The van der Waals surface area contributed by atoms with Crippen LogP contribution in [0.25, 0.3) is 5.69 Å². The van der Waals surface area contributed by atoms with E-state index in [9.17, 15) is 5.26 Å². The Kier molecular flexibility index (Phi) is 5.02. The van der Waals surface area contributed by atoms with Crippen molar-refractivity contribution in [3.8, 4) is 11.8 Å². The second kappa shape index (κ2) is 7.56. The van der Waals surface area contributed by atoms with Crippen LogP contribution in [0, 0.1) is 11.3 Å². The van der Waals surface area contributed by atoms with Crippen LogP contribution in [-0.2, 0) is 12.8 Å². The van der Waals surface area contributed by atoms with Crippen molar-refractivity contribution in [2.75, 3.05) is 0 Å². The number of hydrogen-bond donors (Lipinski definition) is 0. The van der Waals surface area contributed by atoms with Crippen molar-refractivity contribution in [3.05, 3.63) is 77.1 Å². The molecule has 0 atom stereocenters. The number of aromatic nitrogens is 3. The summed E-state index contributed by atoms with van der Waals surface area (Å²) in [5.74, 6) is 0. The Hall–Kier alpha value is -2.93. The Bertz CT molecular complexity index is 826. The lowest BCUT2D eigenvalue weighted by molar-refractivity contribution is 0.769. The lowest BCUT2D eigenvalue weighted by Gasteiger charge is -2.08. The predicted molar refractivity (Wildman–Crippen MR) is 93.9 cm³/mol. The van der Waals surface area contributed by atoms with Crippen LogP contribution in [0.5, 0.6) is 0 Å². The van der Waals surface area contributed by atoms with Crippen LogP contribution >= 0.6 is 0 Å². The normalized spacial score (nSPS) is 10.5. The Balaban J connectivity index is 1.91. The molecule has 0 aliphatic carbocycles. The second-order valence-corrected chi connectivity index (χ2v) is 5.84. The monoisotopic (exact) mass is 316 g/mol. The van der Waals surface area contributed by atoms with Crippen molar-refractivity contribution >= 4 is 0 Å². The molecule has 3 aromatic rings. The molecular weight excluding hydrogens is 296 g/mol. The molecule has 0 aliphatic heterocycles. The van der Waals surface area contributed by atoms with E-state index in [1.54, 1.807) is 4.68 Å². The lowest BCUT2D eigenvalue weighted by Crippen LogP contribution is -2.04. The molecule has 0 unspecified atom stereocenters. The van der Waals surface area contributed by atoms with E-state index in [1.807, 2.05) is 30.3 Å². The summed E-state index contributed by atoms with van der Waals surface area (Å²) in [4.78, 5) is 0. The Morgan fingerprint density at radius 1 is 1.00 bits per heavy atom. The molecule has 4 nitrogen and oxygen atoms in total. The average molecular weight is 316 g/mol. The second-order valence-electron chi connectivity index (χ2n) is 5.84. The number of nitrogens with zero attached hydrogens (tertiary/aromatic N) is 4. The highest BCUT2D eigenvalue weighted by Gasteiger charge is 2.14. The maximum Gasteiger partial charge on any atom is 0.186 e. The molecule has 24 heavy (non-hydrogen) atoms. The third kappa shape index (κ3) is 3.52. The smallest absolute Gasteiger partial charge is 0.186 e.